The van der Waals surface area contributed by atoms with E-state index in [9.17, 15) is 9.18 Å². The number of piperidine rings is 1. The van der Waals surface area contributed by atoms with Gasteiger partial charge in [-0.15, -0.1) is 0 Å². The highest BCUT2D eigenvalue weighted by Gasteiger charge is 2.43. The maximum absolute atomic E-state index is 15.1. The number of allylic oxidation sites excluding steroid dienone is 1. The van der Waals surface area contributed by atoms with Crippen LogP contribution < -0.4 is 19.7 Å². The molecule has 10 heteroatoms. The number of carbonyl (C=O) groups excluding carboxylic acids is 1. The van der Waals surface area contributed by atoms with E-state index in [1.165, 1.54) is 20.2 Å². The Morgan fingerprint density at radius 1 is 1.22 bits per heavy atom. The number of amides is 1. The number of ether oxygens (including phenoxy) is 2. The second-order valence-electron chi connectivity index (χ2n) is 11.3. The average molecular weight is 568 g/mol. The molecule has 2 aliphatic heterocycles. The van der Waals surface area contributed by atoms with Crippen LogP contribution in [-0.2, 0) is 4.79 Å². The van der Waals surface area contributed by atoms with Crippen molar-refractivity contribution in [1.29, 1.82) is 0 Å². The maximum atomic E-state index is 15.1. The Balaban J connectivity index is 1.68. The summed E-state index contributed by atoms with van der Waals surface area (Å²) >= 11 is 0. The van der Waals surface area contributed by atoms with Crippen LogP contribution in [0.15, 0.2) is 52.7 Å². The number of anilines is 2. The van der Waals surface area contributed by atoms with Gasteiger partial charge in [-0.05, 0) is 96.4 Å². The van der Waals surface area contributed by atoms with Gasteiger partial charge >= 0.3 is 0 Å². The molecule has 4 rings (SSSR count). The normalized spacial score (nSPS) is 18.3. The molecular weight excluding hydrogens is 528 g/mol. The Kier molecular flexibility index (Phi) is 8.82. The van der Waals surface area contributed by atoms with E-state index in [1.807, 2.05) is 13.8 Å². The molecule has 1 saturated heterocycles. The van der Waals surface area contributed by atoms with E-state index in [-0.39, 0.29) is 35.4 Å². The Morgan fingerprint density at radius 2 is 1.90 bits per heavy atom. The smallest absolute Gasteiger partial charge is 0.270 e. The molecule has 2 aromatic carbocycles. The van der Waals surface area contributed by atoms with Crippen molar-refractivity contribution in [2.24, 2.45) is 9.98 Å². The van der Waals surface area contributed by atoms with Crippen LogP contribution in [0.5, 0.6) is 11.5 Å². The van der Waals surface area contributed by atoms with Gasteiger partial charge in [-0.25, -0.2) is 13.8 Å². The van der Waals surface area contributed by atoms with Crippen LogP contribution in [0.4, 0.5) is 20.2 Å². The molecule has 2 aliphatic rings. The lowest BCUT2D eigenvalue weighted by Gasteiger charge is -2.41. The van der Waals surface area contributed by atoms with E-state index in [0.717, 1.165) is 25.9 Å². The number of fused-ring (bicyclic) bond motifs is 1. The van der Waals surface area contributed by atoms with Gasteiger partial charge in [-0.1, -0.05) is 12.6 Å². The molecule has 0 bridgehead atoms. The summed E-state index contributed by atoms with van der Waals surface area (Å²) in [5, 5.41) is 2.98. The number of carbonyl (C=O) groups is 1. The summed E-state index contributed by atoms with van der Waals surface area (Å²) in [4.78, 5) is 25.6. The first-order valence-corrected chi connectivity index (χ1v) is 13.8. The topological polar surface area (TPSA) is 78.8 Å². The molecule has 0 aromatic heterocycles. The number of likely N-dealkylation sites (tertiary alicyclic amines) is 1. The Labute approximate surface area is 240 Å². The zero-order valence-corrected chi connectivity index (χ0v) is 24.8. The van der Waals surface area contributed by atoms with Crippen LogP contribution in [0.1, 0.15) is 57.6 Å². The van der Waals surface area contributed by atoms with Crippen LogP contribution in [-0.4, -0.2) is 68.4 Å². The van der Waals surface area contributed by atoms with E-state index in [4.69, 9.17) is 9.47 Å². The fourth-order valence-electron chi connectivity index (χ4n) is 5.27. The molecule has 0 spiro atoms. The quantitative estimate of drug-likeness (QED) is 0.346. The first-order chi connectivity index (χ1) is 19.4. The summed E-state index contributed by atoms with van der Waals surface area (Å²) in [6, 6.07) is 7.96. The van der Waals surface area contributed by atoms with Crippen molar-refractivity contribution in [2.75, 3.05) is 44.5 Å². The third-order valence-electron chi connectivity index (χ3n) is 7.50. The first-order valence-electron chi connectivity index (χ1n) is 13.8. The Hall–Kier alpha value is -3.79. The van der Waals surface area contributed by atoms with E-state index < -0.39 is 11.4 Å². The SMILES string of the molecule is C=C(F)C(=NC(=NC)Nc1ccc(C2CCN(C)CC2)c(F)c1)c1cc(OC)c2c(c1)N(C(C)C)C(=O)C(C)(C)O2. The van der Waals surface area contributed by atoms with Crippen molar-refractivity contribution in [3.63, 3.8) is 0 Å². The predicted molar refractivity (Wildman–Crippen MR) is 160 cm³/mol. The minimum atomic E-state index is -1.11. The van der Waals surface area contributed by atoms with E-state index in [1.54, 1.807) is 43.0 Å². The zero-order valence-electron chi connectivity index (χ0n) is 24.8. The number of nitrogens with one attached hydrogen (secondary N) is 1. The van der Waals surface area contributed by atoms with Crippen molar-refractivity contribution in [3.05, 3.63) is 59.7 Å². The number of halogens is 2. The van der Waals surface area contributed by atoms with Crippen molar-refractivity contribution >= 4 is 29.0 Å². The second kappa shape index (κ2) is 12.0. The van der Waals surface area contributed by atoms with Gasteiger partial charge in [-0.2, -0.15) is 0 Å². The van der Waals surface area contributed by atoms with Gasteiger partial charge in [0.05, 0.1) is 12.8 Å². The van der Waals surface area contributed by atoms with Gasteiger partial charge in [0.1, 0.15) is 17.4 Å². The summed E-state index contributed by atoms with van der Waals surface area (Å²) in [6.07, 6.45) is 1.81. The minimum Gasteiger partial charge on any atom is -0.493 e. The molecule has 0 saturated carbocycles. The van der Waals surface area contributed by atoms with Crippen LogP contribution in [0, 0.1) is 5.82 Å². The van der Waals surface area contributed by atoms with Crippen molar-refractivity contribution in [1.82, 2.24) is 4.90 Å². The van der Waals surface area contributed by atoms with Crippen LogP contribution in [0.3, 0.4) is 0 Å². The summed E-state index contributed by atoms with van der Waals surface area (Å²) in [7, 11) is 5.04. The molecule has 0 unspecified atom stereocenters. The van der Waals surface area contributed by atoms with Crippen molar-refractivity contribution < 1.29 is 23.0 Å². The summed E-state index contributed by atoms with van der Waals surface area (Å²) < 4.78 is 41.7. The van der Waals surface area contributed by atoms with Gasteiger partial charge in [0.15, 0.2) is 17.1 Å². The van der Waals surface area contributed by atoms with E-state index in [0.29, 0.717) is 34.0 Å². The van der Waals surface area contributed by atoms with Crippen LogP contribution >= 0.6 is 0 Å². The van der Waals surface area contributed by atoms with E-state index in [2.05, 4.69) is 33.8 Å². The van der Waals surface area contributed by atoms with Gasteiger partial charge in [0.2, 0.25) is 5.96 Å². The summed E-state index contributed by atoms with van der Waals surface area (Å²) in [5.41, 5.74) is 0.627. The molecule has 220 valence electrons. The van der Waals surface area contributed by atoms with Gasteiger partial charge in [0, 0.05) is 24.3 Å². The Bertz CT molecular complexity index is 1390. The first kappa shape index (κ1) is 30.2. The molecule has 0 atom stereocenters. The third-order valence-corrected chi connectivity index (χ3v) is 7.50. The molecule has 41 heavy (non-hydrogen) atoms. The number of aliphatic imine (C=N–C) groups is 2. The highest BCUT2D eigenvalue weighted by atomic mass is 19.1. The summed E-state index contributed by atoms with van der Waals surface area (Å²) in [6.45, 7) is 12.5. The van der Waals surface area contributed by atoms with Crippen molar-refractivity contribution in [2.45, 2.75) is 58.1 Å². The minimum absolute atomic E-state index is 0.0519. The molecular formula is C31H39F2N5O3. The number of guanidine groups is 1. The number of rotatable bonds is 6. The molecule has 8 nitrogen and oxygen atoms in total. The maximum Gasteiger partial charge on any atom is 0.270 e. The summed E-state index contributed by atoms with van der Waals surface area (Å²) in [5.74, 6) is -0.452. The number of nitrogens with zero attached hydrogens (tertiary/aromatic N) is 4. The van der Waals surface area contributed by atoms with E-state index >= 15 is 4.39 Å². The Morgan fingerprint density at radius 3 is 2.46 bits per heavy atom. The van der Waals surface area contributed by atoms with Crippen LogP contribution in [0.25, 0.3) is 0 Å². The highest BCUT2D eigenvalue weighted by Crippen LogP contribution is 2.46. The average Bonchev–Trinajstić information content (AvgIpc) is 2.91. The number of methoxy groups -OCH3 is 1. The van der Waals surface area contributed by atoms with Crippen LogP contribution in [0.2, 0.25) is 0 Å². The molecule has 1 N–H and O–H groups in total. The third kappa shape index (κ3) is 6.27. The number of benzene rings is 2. The van der Waals surface area contributed by atoms with Gasteiger partial charge < -0.3 is 24.6 Å². The molecule has 1 amide bonds. The van der Waals surface area contributed by atoms with Crippen molar-refractivity contribution in [3.8, 4) is 11.5 Å². The second-order valence-corrected chi connectivity index (χ2v) is 11.3. The fraction of sp³-hybridized carbons (Fsp3) is 0.452. The number of hydrogen-bond donors (Lipinski definition) is 1. The lowest BCUT2D eigenvalue weighted by molar-refractivity contribution is -0.133. The molecule has 0 radical (unpaired) electrons. The number of hydrogen-bond acceptors (Lipinski definition) is 5. The molecule has 2 heterocycles. The fourth-order valence-corrected chi connectivity index (χ4v) is 5.27. The molecule has 1 fully saturated rings. The largest absolute Gasteiger partial charge is 0.493 e. The molecule has 2 aromatic rings. The highest BCUT2D eigenvalue weighted by molar-refractivity contribution is 6.18. The molecule has 0 aliphatic carbocycles. The monoisotopic (exact) mass is 567 g/mol. The lowest BCUT2D eigenvalue weighted by Crippen LogP contribution is -2.54. The predicted octanol–water partition coefficient (Wildman–Crippen LogP) is 5.93. The van der Waals surface area contributed by atoms with Gasteiger partial charge in [0.25, 0.3) is 5.91 Å². The lowest BCUT2D eigenvalue weighted by atomic mass is 9.89. The zero-order chi connectivity index (χ0) is 30.1. The van der Waals surface area contributed by atoms with Gasteiger partial charge in [-0.3, -0.25) is 9.79 Å². The standard InChI is InChI=1S/C31H39F2N5O3/c1-18(2)38-25-15-21(16-26(40-8)28(25)41-31(4,5)29(38)39)27(19(3)32)36-30(34-6)35-22-9-10-23(24(33)17-22)20-11-13-37(7)14-12-20/h9-10,15-18,20H,3,11-14H2,1-2,4-8H3,(H,34,35).